The molecular formula is C12H12ClN3O3. The second kappa shape index (κ2) is 5.27. The standard InChI is InChI=1S/C12H12ClN3O3/c1-6-9(12(18)19)15-16-10(6)14-11(17)7-4-2-3-5-8(7)13/h2-6,10,16H,1H3,(H,14,17)(H,18,19). The molecule has 1 aliphatic rings. The van der Waals surface area contributed by atoms with Crippen molar-refractivity contribution in [1.82, 2.24) is 10.7 Å². The highest BCUT2D eigenvalue weighted by Gasteiger charge is 2.33. The summed E-state index contributed by atoms with van der Waals surface area (Å²) in [6, 6.07) is 6.63. The number of nitrogens with one attached hydrogen (secondary N) is 2. The van der Waals surface area contributed by atoms with Gasteiger partial charge in [0.1, 0.15) is 6.17 Å². The van der Waals surface area contributed by atoms with Crippen LogP contribution in [0.2, 0.25) is 5.02 Å². The number of halogens is 1. The molecule has 2 rings (SSSR count). The summed E-state index contributed by atoms with van der Waals surface area (Å²) >= 11 is 5.92. The fourth-order valence-electron chi connectivity index (χ4n) is 1.77. The molecule has 0 bridgehead atoms. The van der Waals surface area contributed by atoms with E-state index in [2.05, 4.69) is 15.8 Å². The van der Waals surface area contributed by atoms with Gasteiger partial charge in [0.25, 0.3) is 5.91 Å². The van der Waals surface area contributed by atoms with Crippen molar-refractivity contribution in [1.29, 1.82) is 0 Å². The Balaban J connectivity index is 2.06. The molecule has 0 radical (unpaired) electrons. The first-order chi connectivity index (χ1) is 9.00. The fourth-order valence-corrected chi connectivity index (χ4v) is 2.00. The molecule has 2 unspecified atom stereocenters. The molecule has 1 heterocycles. The molecule has 0 aliphatic carbocycles. The van der Waals surface area contributed by atoms with Crippen molar-refractivity contribution in [3.8, 4) is 0 Å². The van der Waals surface area contributed by atoms with Crippen LogP contribution in [0.4, 0.5) is 0 Å². The summed E-state index contributed by atoms with van der Waals surface area (Å²) in [5, 5.41) is 15.6. The normalized spacial score (nSPS) is 21.5. The van der Waals surface area contributed by atoms with Gasteiger partial charge in [0, 0.05) is 5.92 Å². The monoisotopic (exact) mass is 281 g/mol. The number of nitrogens with zero attached hydrogens (tertiary/aromatic N) is 1. The molecule has 0 fully saturated rings. The quantitative estimate of drug-likeness (QED) is 0.773. The van der Waals surface area contributed by atoms with Crippen LogP contribution in [-0.4, -0.2) is 28.9 Å². The lowest BCUT2D eigenvalue weighted by molar-refractivity contribution is -0.129. The van der Waals surface area contributed by atoms with Crippen LogP contribution in [0, 0.1) is 5.92 Å². The van der Waals surface area contributed by atoms with Gasteiger partial charge in [0.15, 0.2) is 5.71 Å². The van der Waals surface area contributed by atoms with Crippen LogP contribution < -0.4 is 10.7 Å². The van der Waals surface area contributed by atoms with Crippen molar-refractivity contribution in [3.05, 3.63) is 34.9 Å². The van der Waals surface area contributed by atoms with Gasteiger partial charge < -0.3 is 10.4 Å². The maximum absolute atomic E-state index is 12.0. The highest BCUT2D eigenvalue weighted by Crippen LogP contribution is 2.16. The van der Waals surface area contributed by atoms with E-state index in [0.717, 1.165) is 0 Å². The highest BCUT2D eigenvalue weighted by molar-refractivity contribution is 6.37. The van der Waals surface area contributed by atoms with Gasteiger partial charge in [-0.1, -0.05) is 30.7 Å². The number of aliphatic carboxylic acids is 1. The number of hydrogen-bond acceptors (Lipinski definition) is 4. The fraction of sp³-hybridized carbons (Fsp3) is 0.250. The Bertz CT molecular complexity index is 559. The first-order valence-electron chi connectivity index (χ1n) is 5.62. The maximum Gasteiger partial charge on any atom is 0.352 e. The van der Waals surface area contributed by atoms with Crippen LogP contribution in [0.15, 0.2) is 29.4 Å². The number of carbonyl (C=O) groups is 2. The topological polar surface area (TPSA) is 90.8 Å². The summed E-state index contributed by atoms with van der Waals surface area (Å²) < 4.78 is 0. The third-order valence-corrected chi connectivity index (χ3v) is 3.21. The van der Waals surface area contributed by atoms with E-state index in [4.69, 9.17) is 16.7 Å². The molecule has 1 aliphatic heterocycles. The molecule has 6 nitrogen and oxygen atoms in total. The van der Waals surface area contributed by atoms with E-state index in [1.165, 1.54) is 0 Å². The summed E-state index contributed by atoms with van der Waals surface area (Å²) in [5.74, 6) is -1.91. The molecule has 3 N–H and O–H groups in total. The Morgan fingerprint density at radius 2 is 2.11 bits per heavy atom. The van der Waals surface area contributed by atoms with Crippen molar-refractivity contribution in [2.45, 2.75) is 13.1 Å². The SMILES string of the molecule is CC1C(C(=O)O)=NNC1NC(=O)c1ccccc1Cl. The van der Waals surface area contributed by atoms with Crippen LogP contribution in [0.1, 0.15) is 17.3 Å². The summed E-state index contributed by atoms with van der Waals surface area (Å²) in [7, 11) is 0. The average Bonchev–Trinajstić information content (AvgIpc) is 2.71. The first kappa shape index (κ1) is 13.4. The molecule has 100 valence electrons. The van der Waals surface area contributed by atoms with E-state index in [1.807, 2.05) is 0 Å². The minimum absolute atomic E-state index is 0.00976. The van der Waals surface area contributed by atoms with Crippen LogP contribution in [0.25, 0.3) is 0 Å². The number of hydrogen-bond donors (Lipinski definition) is 3. The zero-order chi connectivity index (χ0) is 14.0. The molecule has 0 saturated heterocycles. The molecule has 1 aromatic rings. The summed E-state index contributed by atoms with van der Waals surface area (Å²) in [5.41, 5.74) is 2.92. The van der Waals surface area contributed by atoms with E-state index >= 15 is 0 Å². The van der Waals surface area contributed by atoms with Crippen LogP contribution >= 0.6 is 11.6 Å². The number of benzene rings is 1. The zero-order valence-electron chi connectivity index (χ0n) is 10.1. The minimum atomic E-state index is -1.10. The summed E-state index contributed by atoms with van der Waals surface area (Å²) in [6.07, 6.45) is -0.560. The lowest BCUT2D eigenvalue weighted by Crippen LogP contribution is -2.46. The Labute approximate surface area is 114 Å². The third kappa shape index (κ3) is 2.68. The molecule has 1 amide bonds. The summed E-state index contributed by atoms with van der Waals surface area (Å²) in [4.78, 5) is 22.9. The Morgan fingerprint density at radius 1 is 1.42 bits per heavy atom. The number of rotatable bonds is 3. The second-order valence-corrected chi connectivity index (χ2v) is 4.56. The smallest absolute Gasteiger partial charge is 0.352 e. The van der Waals surface area contributed by atoms with Crippen molar-refractivity contribution in [2.75, 3.05) is 0 Å². The third-order valence-electron chi connectivity index (χ3n) is 2.88. The maximum atomic E-state index is 12.0. The van der Waals surface area contributed by atoms with Gasteiger partial charge in [0.2, 0.25) is 0 Å². The average molecular weight is 282 g/mol. The number of hydrazone groups is 1. The van der Waals surface area contributed by atoms with Crippen molar-refractivity contribution < 1.29 is 14.7 Å². The predicted molar refractivity (Wildman–Crippen MR) is 70.1 cm³/mol. The Kier molecular flexibility index (Phi) is 3.71. The Hall–Kier alpha value is -2.08. The molecular weight excluding hydrogens is 270 g/mol. The van der Waals surface area contributed by atoms with E-state index in [0.29, 0.717) is 10.6 Å². The molecule has 2 atom stereocenters. The first-order valence-corrected chi connectivity index (χ1v) is 6.00. The summed E-state index contributed by atoms with van der Waals surface area (Å²) in [6.45, 7) is 1.67. The Morgan fingerprint density at radius 3 is 2.68 bits per heavy atom. The number of carboxylic acid groups (broad SMARTS) is 1. The van der Waals surface area contributed by atoms with Gasteiger partial charge >= 0.3 is 5.97 Å². The molecule has 1 aromatic carbocycles. The second-order valence-electron chi connectivity index (χ2n) is 4.15. The van der Waals surface area contributed by atoms with E-state index in [-0.39, 0.29) is 11.6 Å². The van der Waals surface area contributed by atoms with Gasteiger partial charge in [-0.15, -0.1) is 0 Å². The van der Waals surface area contributed by atoms with Crippen LogP contribution in [0.5, 0.6) is 0 Å². The lowest BCUT2D eigenvalue weighted by atomic mass is 10.0. The molecule has 7 heteroatoms. The highest BCUT2D eigenvalue weighted by atomic mass is 35.5. The molecule has 19 heavy (non-hydrogen) atoms. The van der Waals surface area contributed by atoms with Crippen molar-refractivity contribution in [2.24, 2.45) is 11.0 Å². The van der Waals surface area contributed by atoms with Gasteiger partial charge in [0.05, 0.1) is 10.6 Å². The largest absolute Gasteiger partial charge is 0.477 e. The molecule has 0 saturated carbocycles. The minimum Gasteiger partial charge on any atom is -0.477 e. The van der Waals surface area contributed by atoms with Gasteiger partial charge in [-0.2, -0.15) is 5.10 Å². The van der Waals surface area contributed by atoms with Gasteiger partial charge in [-0.05, 0) is 12.1 Å². The van der Waals surface area contributed by atoms with Gasteiger partial charge in [-0.25, -0.2) is 4.79 Å². The molecule has 0 spiro atoms. The van der Waals surface area contributed by atoms with E-state index in [9.17, 15) is 9.59 Å². The van der Waals surface area contributed by atoms with E-state index in [1.54, 1.807) is 31.2 Å². The number of carbonyl (C=O) groups excluding carboxylic acids is 1. The lowest BCUT2D eigenvalue weighted by Gasteiger charge is -2.17. The van der Waals surface area contributed by atoms with Gasteiger partial charge in [-0.3, -0.25) is 10.2 Å². The van der Waals surface area contributed by atoms with Crippen LogP contribution in [0.3, 0.4) is 0 Å². The molecule has 0 aromatic heterocycles. The van der Waals surface area contributed by atoms with Crippen molar-refractivity contribution in [3.63, 3.8) is 0 Å². The predicted octanol–water partition coefficient (Wildman–Crippen LogP) is 1.08. The van der Waals surface area contributed by atoms with E-state index < -0.39 is 18.1 Å². The number of amides is 1. The number of carboxylic acids is 1. The van der Waals surface area contributed by atoms with Crippen LogP contribution in [-0.2, 0) is 4.79 Å². The zero-order valence-corrected chi connectivity index (χ0v) is 10.8. The van der Waals surface area contributed by atoms with Crippen molar-refractivity contribution >= 4 is 29.2 Å².